The quantitative estimate of drug-likeness (QED) is 0.572. The number of rotatable bonds is 8. The zero-order chi connectivity index (χ0) is 22.5. The Balaban J connectivity index is 1.67. The third-order valence-corrected chi connectivity index (χ3v) is 6.74. The molecule has 0 unspecified atom stereocenters. The molecule has 0 atom stereocenters. The number of hydrogen-bond donors (Lipinski definition) is 1. The summed E-state index contributed by atoms with van der Waals surface area (Å²) < 4.78 is 5.35. The van der Waals surface area contributed by atoms with E-state index >= 15 is 0 Å². The van der Waals surface area contributed by atoms with Crippen molar-refractivity contribution < 1.29 is 14.6 Å². The number of anilines is 1. The van der Waals surface area contributed by atoms with Crippen LogP contribution in [0.3, 0.4) is 0 Å². The Morgan fingerprint density at radius 3 is 2.45 bits per heavy atom. The highest BCUT2D eigenvalue weighted by Crippen LogP contribution is 2.34. The van der Waals surface area contributed by atoms with E-state index in [0.29, 0.717) is 17.1 Å². The maximum atomic E-state index is 11.6. The lowest BCUT2D eigenvalue weighted by Gasteiger charge is -2.41. The summed E-state index contributed by atoms with van der Waals surface area (Å²) in [5.74, 6) is -0.0361. The van der Waals surface area contributed by atoms with Crippen LogP contribution in [0.25, 0.3) is 0 Å². The molecule has 2 aromatic carbocycles. The van der Waals surface area contributed by atoms with Gasteiger partial charge in [0.15, 0.2) is 0 Å². The van der Waals surface area contributed by atoms with Gasteiger partial charge in [-0.3, -0.25) is 4.90 Å². The van der Waals surface area contributed by atoms with E-state index in [2.05, 4.69) is 35.9 Å². The second-order valence-corrected chi connectivity index (χ2v) is 8.85. The molecule has 0 radical (unpaired) electrons. The molecule has 5 nitrogen and oxygen atoms in total. The predicted octanol–water partition coefficient (Wildman–Crippen LogP) is 5.62. The number of benzene rings is 2. The summed E-state index contributed by atoms with van der Waals surface area (Å²) in [5.41, 5.74) is 3.28. The highest BCUT2D eigenvalue weighted by Gasteiger charge is 2.29. The molecule has 168 valence electrons. The molecule has 0 saturated heterocycles. The molecule has 1 aliphatic carbocycles. The molecule has 1 N–H and O–H groups in total. The summed E-state index contributed by atoms with van der Waals surface area (Å²) in [7, 11) is 3.90. The van der Waals surface area contributed by atoms with Crippen LogP contribution in [0.15, 0.2) is 36.4 Å². The molecule has 1 aliphatic rings. The van der Waals surface area contributed by atoms with Gasteiger partial charge in [-0.2, -0.15) is 0 Å². The topological polar surface area (TPSA) is 53.0 Å². The van der Waals surface area contributed by atoms with Gasteiger partial charge in [0, 0.05) is 35.9 Å². The summed E-state index contributed by atoms with van der Waals surface area (Å²) in [4.78, 5) is 16.4. The van der Waals surface area contributed by atoms with Crippen molar-refractivity contribution in [1.29, 1.82) is 0 Å². The number of ether oxygens (including phenoxy) is 1. The minimum absolute atomic E-state index is 0.285. The summed E-state index contributed by atoms with van der Waals surface area (Å²) in [6.07, 6.45) is 4.39. The first kappa shape index (κ1) is 23.4. The maximum absolute atomic E-state index is 11.6. The van der Waals surface area contributed by atoms with E-state index < -0.39 is 5.97 Å². The molecule has 2 aromatic rings. The van der Waals surface area contributed by atoms with Crippen LogP contribution < -0.4 is 9.64 Å². The monoisotopic (exact) mass is 444 g/mol. The van der Waals surface area contributed by atoms with E-state index in [1.807, 2.05) is 25.1 Å². The predicted molar refractivity (Wildman–Crippen MR) is 127 cm³/mol. The van der Waals surface area contributed by atoms with Gasteiger partial charge in [-0.25, -0.2) is 4.79 Å². The largest absolute Gasteiger partial charge is 0.497 e. The normalized spacial score (nSPS) is 18.8. The first-order chi connectivity index (χ1) is 14.8. The Morgan fingerprint density at radius 2 is 1.84 bits per heavy atom. The van der Waals surface area contributed by atoms with Gasteiger partial charge in [-0.15, -0.1) is 0 Å². The maximum Gasteiger partial charge on any atom is 0.336 e. The van der Waals surface area contributed by atoms with Gasteiger partial charge < -0.3 is 14.7 Å². The van der Waals surface area contributed by atoms with Crippen molar-refractivity contribution in [1.82, 2.24) is 4.90 Å². The van der Waals surface area contributed by atoms with Gasteiger partial charge in [-0.1, -0.05) is 23.7 Å². The number of nitrogens with zero attached hydrogens (tertiary/aromatic N) is 2. The van der Waals surface area contributed by atoms with Crippen LogP contribution in [0.2, 0.25) is 5.02 Å². The first-order valence-electron chi connectivity index (χ1n) is 11.0. The lowest BCUT2D eigenvalue weighted by Crippen LogP contribution is -2.43. The second kappa shape index (κ2) is 10.4. The van der Waals surface area contributed by atoms with Gasteiger partial charge in [0.05, 0.1) is 12.7 Å². The third kappa shape index (κ3) is 5.52. The standard InChI is InChI=1S/C25H33ClN2O3/c1-5-28(24-15-19(26)14-23(17(24)2)25(29)30)21-11-9-20(10-12-21)27(3)16-18-7-6-8-22(13-18)31-4/h6-8,13-15,20-21H,5,9-12,16H2,1-4H3,(H,29,30)/t20-,21-. The molecule has 0 amide bonds. The molecular formula is C25H33ClN2O3. The van der Waals surface area contributed by atoms with Crippen LogP contribution in [0, 0.1) is 6.92 Å². The van der Waals surface area contributed by atoms with Gasteiger partial charge in [0.2, 0.25) is 0 Å². The number of carboxylic acid groups (broad SMARTS) is 1. The average Bonchev–Trinajstić information content (AvgIpc) is 2.76. The van der Waals surface area contributed by atoms with E-state index in [0.717, 1.165) is 55.8 Å². The van der Waals surface area contributed by atoms with Gasteiger partial charge in [-0.05, 0) is 82.0 Å². The number of methoxy groups -OCH3 is 1. The molecule has 6 heteroatoms. The van der Waals surface area contributed by atoms with Crippen molar-refractivity contribution in [3.8, 4) is 5.75 Å². The number of hydrogen-bond acceptors (Lipinski definition) is 4. The Bertz CT molecular complexity index is 910. The minimum Gasteiger partial charge on any atom is -0.497 e. The summed E-state index contributed by atoms with van der Waals surface area (Å²) in [6, 6.07) is 12.6. The van der Waals surface area contributed by atoms with E-state index in [1.54, 1.807) is 13.2 Å². The number of carboxylic acids is 1. The average molecular weight is 445 g/mol. The Labute approximate surface area is 190 Å². The second-order valence-electron chi connectivity index (χ2n) is 8.42. The van der Waals surface area contributed by atoms with Crippen molar-refractivity contribution in [3.63, 3.8) is 0 Å². The van der Waals surface area contributed by atoms with Crippen LogP contribution in [0.1, 0.15) is 54.1 Å². The van der Waals surface area contributed by atoms with E-state index in [-0.39, 0.29) is 5.56 Å². The molecule has 3 rings (SSSR count). The van der Waals surface area contributed by atoms with E-state index in [4.69, 9.17) is 16.3 Å². The van der Waals surface area contributed by atoms with Crippen molar-refractivity contribution in [3.05, 3.63) is 58.1 Å². The molecule has 0 bridgehead atoms. The fourth-order valence-corrected chi connectivity index (χ4v) is 5.02. The van der Waals surface area contributed by atoms with Crippen molar-refractivity contribution in [2.24, 2.45) is 0 Å². The third-order valence-electron chi connectivity index (χ3n) is 6.52. The molecule has 0 aromatic heterocycles. The molecular weight excluding hydrogens is 412 g/mol. The van der Waals surface area contributed by atoms with Gasteiger partial charge in [0.25, 0.3) is 0 Å². The zero-order valence-corrected chi connectivity index (χ0v) is 19.7. The van der Waals surface area contributed by atoms with Gasteiger partial charge >= 0.3 is 5.97 Å². The van der Waals surface area contributed by atoms with E-state index in [1.165, 1.54) is 5.56 Å². The van der Waals surface area contributed by atoms with Gasteiger partial charge in [0.1, 0.15) is 5.75 Å². The lowest BCUT2D eigenvalue weighted by atomic mass is 9.88. The summed E-state index contributed by atoms with van der Waals surface area (Å²) in [5, 5.41) is 10.0. The molecule has 0 heterocycles. The van der Waals surface area contributed by atoms with Crippen molar-refractivity contribution in [2.75, 3.05) is 25.6 Å². The number of aromatic carboxylic acids is 1. The Hall–Kier alpha value is -2.24. The first-order valence-corrected chi connectivity index (χ1v) is 11.3. The zero-order valence-electron chi connectivity index (χ0n) is 18.9. The molecule has 0 aliphatic heterocycles. The van der Waals surface area contributed by atoms with E-state index in [9.17, 15) is 9.90 Å². The lowest BCUT2D eigenvalue weighted by molar-refractivity contribution is 0.0696. The molecule has 1 fully saturated rings. The molecule has 0 spiro atoms. The number of carbonyl (C=O) groups is 1. The summed E-state index contributed by atoms with van der Waals surface area (Å²) >= 11 is 6.26. The fourth-order valence-electron chi connectivity index (χ4n) is 4.81. The Kier molecular flexibility index (Phi) is 7.84. The number of halogens is 1. The van der Waals surface area contributed by atoms with Crippen LogP contribution in [-0.2, 0) is 6.54 Å². The minimum atomic E-state index is -0.930. The van der Waals surface area contributed by atoms with Crippen LogP contribution in [-0.4, -0.2) is 48.8 Å². The SMILES string of the molecule is CCN(c1cc(Cl)cc(C(=O)O)c1C)[C@H]1CC[C@H](N(C)Cc2cccc(OC)c2)CC1. The van der Waals surface area contributed by atoms with Crippen LogP contribution in [0.4, 0.5) is 5.69 Å². The van der Waals surface area contributed by atoms with Crippen molar-refractivity contribution >= 4 is 23.3 Å². The highest BCUT2D eigenvalue weighted by atomic mass is 35.5. The van der Waals surface area contributed by atoms with Crippen LogP contribution >= 0.6 is 11.6 Å². The fraction of sp³-hybridized carbons (Fsp3) is 0.480. The van der Waals surface area contributed by atoms with Crippen LogP contribution in [0.5, 0.6) is 5.75 Å². The molecule has 31 heavy (non-hydrogen) atoms. The smallest absolute Gasteiger partial charge is 0.336 e. The van der Waals surface area contributed by atoms with Crippen molar-refractivity contribution in [2.45, 2.75) is 58.2 Å². The molecule has 1 saturated carbocycles. The summed E-state index contributed by atoms with van der Waals surface area (Å²) in [6.45, 7) is 5.74. The highest BCUT2D eigenvalue weighted by molar-refractivity contribution is 6.31. The Morgan fingerprint density at radius 1 is 1.16 bits per heavy atom.